The van der Waals surface area contributed by atoms with E-state index in [9.17, 15) is 0 Å². The third-order valence-electron chi connectivity index (χ3n) is 3.05. The highest BCUT2D eigenvalue weighted by molar-refractivity contribution is 5.13. The quantitative estimate of drug-likeness (QED) is 0.862. The second-order valence-corrected chi connectivity index (χ2v) is 4.26. The van der Waals surface area contributed by atoms with Crippen LogP contribution < -0.4 is 5.32 Å². The Kier molecular flexibility index (Phi) is 4.04. The minimum atomic E-state index is 0.117. The van der Waals surface area contributed by atoms with Crippen LogP contribution >= 0.6 is 0 Å². The molecule has 0 aliphatic heterocycles. The van der Waals surface area contributed by atoms with Crippen LogP contribution in [0, 0.1) is 0 Å². The van der Waals surface area contributed by atoms with Crippen LogP contribution in [0.25, 0.3) is 0 Å². The molecular weight excluding hydrogens is 226 g/mol. The fourth-order valence-corrected chi connectivity index (χ4v) is 1.96. The van der Waals surface area contributed by atoms with Crippen molar-refractivity contribution in [1.82, 2.24) is 25.1 Å². The van der Waals surface area contributed by atoms with Gasteiger partial charge >= 0.3 is 0 Å². The van der Waals surface area contributed by atoms with Gasteiger partial charge in [0.05, 0.1) is 11.7 Å². The zero-order chi connectivity index (χ0) is 13.0. The lowest BCUT2D eigenvalue weighted by Gasteiger charge is -2.14. The van der Waals surface area contributed by atoms with E-state index in [4.69, 9.17) is 0 Å². The summed E-state index contributed by atoms with van der Waals surface area (Å²) in [6.45, 7) is 2.11. The number of aryl methyl sites for hydroxylation is 2. The predicted molar refractivity (Wildman–Crippen MR) is 70.1 cm³/mol. The molecule has 2 heterocycles. The molecule has 18 heavy (non-hydrogen) atoms. The molecule has 96 valence electrons. The first-order chi connectivity index (χ1) is 8.74. The summed E-state index contributed by atoms with van der Waals surface area (Å²) >= 11 is 0. The van der Waals surface area contributed by atoms with Crippen LogP contribution in [0.5, 0.6) is 0 Å². The topological polar surface area (TPSA) is 55.6 Å². The van der Waals surface area contributed by atoms with Crippen molar-refractivity contribution < 1.29 is 0 Å². The highest BCUT2D eigenvalue weighted by Gasteiger charge is 2.15. The van der Waals surface area contributed by atoms with Gasteiger partial charge in [-0.15, -0.1) is 0 Å². The minimum Gasteiger partial charge on any atom is -0.310 e. The molecule has 0 bridgehead atoms. The third kappa shape index (κ3) is 2.73. The molecule has 0 aromatic carbocycles. The third-order valence-corrected chi connectivity index (χ3v) is 3.05. The Labute approximate surface area is 107 Å². The van der Waals surface area contributed by atoms with Crippen LogP contribution in [-0.4, -0.2) is 26.8 Å². The number of rotatable bonds is 5. The Morgan fingerprint density at radius 2 is 2.06 bits per heavy atom. The van der Waals surface area contributed by atoms with Gasteiger partial charge in [0.1, 0.15) is 5.82 Å². The first kappa shape index (κ1) is 12.7. The lowest BCUT2D eigenvalue weighted by molar-refractivity contribution is 0.533. The van der Waals surface area contributed by atoms with Crippen molar-refractivity contribution in [2.75, 3.05) is 7.05 Å². The van der Waals surface area contributed by atoms with Gasteiger partial charge in [-0.3, -0.25) is 4.68 Å². The lowest BCUT2D eigenvalue weighted by Crippen LogP contribution is -2.22. The number of nitrogens with zero attached hydrogens (tertiary/aromatic N) is 4. The largest absolute Gasteiger partial charge is 0.310 e. The van der Waals surface area contributed by atoms with Crippen molar-refractivity contribution in [3.63, 3.8) is 0 Å². The Morgan fingerprint density at radius 3 is 2.61 bits per heavy atom. The van der Waals surface area contributed by atoms with Crippen molar-refractivity contribution >= 4 is 0 Å². The molecule has 5 heteroatoms. The smallest absolute Gasteiger partial charge is 0.145 e. The summed E-state index contributed by atoms with van der Waals surface area (Å²) in [6, 6.07) is 4.09. The fraction of sp³-hybridized carbons (Fsp3) is 0.462. The summed E-state index contributed by atoms with van der Waals surface area (Å²) in [5, 5.41) is 7.71. The summed E-state index contributed by atoms with van der Waals surface area (Å²) in [4.78, 5) is 8.60. The fourth-order valence-electron chi connectivity index (χ4n) is 1.96. The average Bonchev–Trinajstić information content (AvgIpc) is 2.77. The molecule has 0 spiro atoms. The van der Waals surface area contributed by atoms with Crippen molar-refractivity contribution in [3.05, 3.63) is 41.7 Å². The molecule has 0 radical (unpaired) electrons. The van der Waals surface area contributed by atoms with Gasteiger partial charge in [-0.2, -0.15) is 5.10 Å². The first-order valence-electron chi connectivity index (χ1n) is 6.20. The van der Waals surface area contributed by atoms with Crippen LogP contribution in [0.1, 0.15) is 30.2 Å². The van der Waals surface area contributed by atoms with Gasteiger partial charge in [0.25, 0.3) is 0 Å². The monoisotopic (exact) mass is 245 g/mol. The van der Waals surface area contributed by atoms with E-state index in [0.717, 1.165) is 24.4 Å². The molecule has 0 aliphatic rings. The lowest BCUT2D eigenvalue weighted by atomic mass is 10.1. The number of hydrogen-bond donors (Lipinski definition) is 1. The Morgan fingerprint density at radius 1 is 1.33 bits per heavy atom. The molecule has 1 unspecified atom stereocenters. The number of aromatic nitrogens is 4. The zero-order valence-electron chi connectivity index (χ0n) is 11.1. The zero-order valence-corrected chi connectivity index (χ0v) is 11.1. The van der Waals surface area contributed by atoms with E-state index in [0.29, 0.717) is 0 Å². The highest BCUT2D eigenvalue weighted by atomic mass is 15.3. The predicted octanol–water partition coefficient (Wildman–Crippen LogP) is 1.28. The van der Waals surface area contributed by atoms with Crippen LogP contribution in [-0.2, 0) is 19.9 Å². The first-order valence-corrected chi connectivity index (χ1v) is 6.20. The molecule has 2 aromatic rings. The summed E-state index contributed by atoms with van der Waals surface area (Å²) in [6.07, 6.45) is 5.34. The highest BCUT2D eigenvalue weighted by Crippen LogP contribution is 2.15. The summed E-state index contributed by atoms with van der Waals surface area (Å²) in [5.74, 6) is 0.819. The van der Waals surface area contributed by atoms with Gasteiger partial charge in [-0.25, -0.2) is 9.97 Å². The number of likely N-dealkylation sites (N-methyl/N-ethyl adjacent to an activating group) is 1. The molecule has 2 aromatic heterocycles. The van der Waals surface area contributed by atoms with Gasteiger partial charge in [-0.05, 0) is 25.6 Å². The van der Waals surface area contributed by atoms with Gasteiger partial charge in [-0.1, -0.05) is 6.92 Å². The van der Waals surface area contributed by atoms with Gasteiger partial charge in [0.2, 0.25) is 0 Å². The molecule has 0 amide bonds. The van der Waals surface area contributed by atoms with E-state index in [1.807, 2.05) is 24.8 Å². The molecule has 1 N–H and O–H groups in total. The van der Waals surface area contributed by atoms with E-state index in [1.54, 1.807) is 12.4 Å². The van der Waals surface area contributed by atoms with E-state index < -0.39 is 0 Å². The Hall–Kier alpha value is -1.75. The van der Waals surface area contributed by atoms with E-state index in [2.05, 4.69) is 33.4 Å². The maximum absolute atomic E-state index is 4.46. The van der Waals surface area contributed by atoms with E-state index in [-0.39, 0.29) is 6.04 Å². The Bertz CT molecular complexity index is 491. The van der Waals surface area contributed by atoms with Gasteiger partial charge < -0.3 is 5.32 Å². The standard InChI is InChI=1S/C13H19N5/c1-4-10-8-11(18(3)17-10)9-12(14-2)13-15-6-5-7-16-13/h5-8,12,14H,4,9H2,1-3H3. The van der Waals surface area contributed by atoms with Crippen molar-refractivity contribution in [2.24, 2.45) is 7.05 Å². The normalized spacial score (nSPS) is 12.6. The van der Waals surface area contributed by atoms with Crippen LogP contribution in [0.4, 0.5) is 0 Å². The molecule has 2 rings (SSSR count). The molecule has 5 nitrogen and oxygen atoms in total. The molecule has 0 aliphatic carbocycles. The maximum atomic E-state index is 4.46. The van der Waals surface area contributed by atoms with Crippen molar-refractivity contribution in [2.45, 2.75) is 25.8 Å². The number of nitrogens with one attached hydrogen (secondary N) is 1. The van der Waals surface area contributed by atoms with Crippen LogP contribution in [0.2, 0.25) is 0 Å². The number of hydrogen-bond acceptors (Lipinski definition) is 4. The van der Waals surface area contributed by atoms with Crippen LogP contribution in [0.15, 0.2) is 24.5 Å². The molecule has 0 saturated heterocycles. The second-order valence-electron chi connectivity index (χ2n) is 4.26. The summed E-state index contributed by atoms with van der Waals surface area (Å²) in [5.41, 5.74) is 2.31. The SMILES string of the molecule is CCc1cc(CC(NC)c2ncccn2)n(C)n1. The molecular formula is C13H19N5. The maximum Gasteiger partial charge on any atom is 0.145 e. The van der Waals surface area contributed by atoms with E-state index >= 15 is 0 Å². The molecule has 1 atom stereocenters. The van der Waals surface area contributed by atoms with Crippen LogP contribution in [0.3, 0.4) is 0 Å². The van der Waals surface area contributed by atoms with Crippen molar-refractivity contribution in [1.29, 1.82) is 0 Å². The molecule has 0 saturated carbocycles. The van der Waals surface area contributed by atoms with Gasteiger partial charge in [0, 0.05) is 31.6 Å². The van der Waals surface area contributed by atoms with Gasteiger partial charge in [0.15, 0.2) is 0 Å². The summed E-state index contributed by atoms with van der Waals surface area (Å²) < 4.78 is 1.94. The van der Waals surface area contributed by atoms with Crippen molar-refractivity contribution in [3.8, 4) is 0 Å². The minimum absolute atomic E-state index is 0.117. The molecule has 0 fully saturated rings. The Balaban J connectivity index is 2.18. The average molecular weight is 245 g/mol. The summed E-state index contributed by atoms with van der Waals surface area (Å²) in [7, 11) is 3.91. The second kappa shape index (κ2) is 5.73. The van der Waals surface area contributed by atoms with E-state index in [1.165, 1.54) is 5.69 Å².